The fraction of sp³-hybridized carbons (Fsp3) is 0.500. The van der Waals surface area contributed by atoms with Gasteiger partial charge in [-0.15, -0.1) is 0 Å². The molecule has 0 aliphatic carbocycles. The molecule has 0 amide bonds. The van der Waals surface area contributed by atoms with Crippen molar-refractivity contribution in [1.29, 1.82) is 0 Å². The number of hydrogen-bond acceptors (Lipinski definition) is 3. The zero-order valence-electron chi connectivity index (χ0n) is 4.52. The molecule has 9 heteroatoms. The molecule has 0 aliphatic heterocycles. The van der Waals surface area contributed by atoms with Gasteiger partial charge in [0.15, 0.2) is 0 Å². The summed E-state index contributed by atoms with van der Waals surface area (Å²) in [6, 6.07) is 0. The number of hydrogen-bond donors (Lipinski definition) is 0. The van der Waals surface area contributed by atoms with E-state index in [9.17, 15) is 29.9 Å². The van der Waals surface area contributed by atoms with Gasteiger partial charge in [-0.3, -0.25) is 0 Å². The lowest BCUT2D eigenvalue weighted by atomic mass is 10.7. The van der Waals surface area contributed by atoms with E-state index in [2.05, 4.69) is 4.18 Å². The van der Waals surface area contributed by atoms with E-state index < -0.39 is 23.0 Å². The molecule has 0 aromatic heterocycles. The summed E-state index contributed by atoms with van der Waals surface area (Å²) >= 11 is 0. The summed E-state index contributed by atoms with van der Waals surface area (Å²) in [6.45, 7) is 0. The second kappa shape index (κ2) is 2.89. The SMILES string of the molecule is O=S(=O)(F)O[C](F)C(F)(F)F. The summed E-state index contributed by atoms with van der Waals surface area (Å²) in [7, 11) is -5.94. The van der Waals surface area contributed by atoms with E-state index in [1.165, 1.54) is 0 Å². The van der Waals surface area contributed by atoms with Gasteiger partial charge >= 0.3 is 23.0 Å². The van der Waals surface area contributed by atoms with E-state index >= 15 is 0 Å². The van der Waals surface area contributed by atoms with Crippen LogP contribution in [0.3, 0.4) is 0 Å². The van der Waals surface area contributed by atoms with Crippen LogP contribution in [0.1, 0.15) is 0 Å². The second-order valence-electron chi connectivity index (χ2n) is 1.25. The lowest BCUT2D eigenvalue weighted by molar-refractivity contribution is -0.178. The highest BCUT2D eigenvalue weighted by Gasteiger charge is 2.47. The molecule has 0 saturated carbocycles. The third-order valence-corrected chi connectivity index (χ3v) is 0.741. The lowest BCUT2D eigenvalue weighted by Crippen LogP contribution is -2.20. The van der Waals surface area contributed by atoms with Crippen molar-refractivity contribution in [1.82, 2.24) is 0 Å². The molecule has 0 spiro atoms. The molecule has 0 aromatic carbocycles. The smallest absolute Gasteiger partial charge is 0.193 e. The van der Waals surface area contributed by atoms with Crippen LogP contribution in [0.4, 0.5) is 21.4 Å². The minimum Gasteiger partial charge on any atom is -0.193 e. The first kappa shape index (κ1) is 10.6. The number of halogens is 5. The highest BCUT2D eigenvalue weighted by atomic mass is 32.3. The van der Waals surface area contributed by atoms with Gasteiger partial charge < -0.3 is 0 Å². The predicted molar refractivity (Wildman–Crippen MR) is 21.5 cm³/mol. The highest BCUT2D eigenvalue weighted by molar-refractivity contribution is 7.81. The Hall–Kier alpha value is -0.440. The Morgan fingerprint density at radius 2 is 1.64 bits per heavy atom. The largest absolute Gasteiger partial charge is 0.456 e. The Bertz CT molecular complexity index is 216. The van der Waals surface area contributed by atoms with E-state index in [-0.39, 0.29) is 0 Å². The molecule has 0 fully saturated rings. The van der Waals surface area contributed by atoms with Crippen LogP contribution in [0.5, 0.6) is 0 Å². The fourth-order valence-electron chi connectivity index (χ4n) is 0.135. The van der Waals surface area contributed by atoms with Gasteiger partial charge in [-0.2, -0.15) is 30.2 Å². The van der Waals surface area contributed by atoms with Gasteiger partial charge in [-0.25, -0.2) is 0 Å². The Labute approximate surface area is 58.2 Å². The van der Waals surface area contributed by atoms with Crippen molar-refractivity contribution in [3.63, 3.8) is 0 Å². The van der Waals surface area contributed by atoms with E-state index in [1.54, 1.807) is 0 Å². The summed E-state index contributed by atoms with van der Waals surface area (Å²) < 4.78 is 76.3. The average molecular weight is 199 g/mol. The Morgan fingerprint density at radius 1 is 1.27 bits per heavy atom. The predicted octanol–water partition coefficient (Wildman–Crippen LogP) is 1.24. The van der Waals surface area contributed by atoms with Gasteiger partial charge in [0.05, 0.1) is 0 Å². The van der Waals surface area contributed by atoms with Crippen LogP contribution in [-0.2, 0) is 14.7 Å². The molecule has 0 aliphatic rings. The second-order valence-corrected chi connectivity index (χ2v) is 2.20. The summed E-state index contributed by atoms with van der Waals surface area (Å²) in [5, 5.41) is 0. The topological polar surface area (TPSA) is 43.4 Å². The van der Waals surface area contributed by atoms with Gasteiger partial charge in [0.1, 0.15) is 0 Å². The molecule has 0 saturated heterocycles. The molecule has 0 atom stereocenters. The van der Waals surface area contributed by atoms with E-state index in [0.29, 0.717) is 0 Å². The van der Waals surface area contributed by atoms with Crippen molar-refractivity contribution < 1.29 is 34.0 Å². The fourth-order valence-corrected chi connectivity index (χ4v) is 0.404. The molecular weight excluding hydrogens is 199 g/mol. The van der Waals surface area contributed by atoms with Crippen LogP contribution < -0.4 is 0 Å². The van der Waals surface area contributed by atoms with E-state index in [1.807, 2.05) is 0 Å². The Morgan fingerprint density at radius 3 is 1.73 bits per heavy atom. The molecule has 0 heterocycles. The Kier molecular flexibility index (Phi) is 2.78. The van der Waals surface area contributed by atoms with Crippen molar-refractivity contribution in [2.75, 3.05) is 0 Å². The van der Waals surface area contributed by atoms with Crippen molar-refractivity contribution in [3.05, 3.63) is 6.36 Å². The first-order chi connectivity index (χ1) is 4.63. The van der Waals surface area contributed by atoms with E-state index in [0.717, 1.165) is 0 Å². The van der Waals surface area contributed by atoms with Crippen LogP contribution in [0, 0.1) is 6.36 Å². The molecule has 0 N–H and O–H groups in total. The zero-order valence-corrected chi connectivity index (χ0v) is 5.34. The number of rotatable bonds is 2. The minimum atomic E-state index is -5.94. The normalized spacial score (nSPS) is 14.0. The maximum Gasteiger partial charge on any atom is 0.456 e. The molecule has 0 aromatic rings. The van der Waals surface area contributed by atoms with Gasteiger partial charge in [0.2, 0.25) is 0 Å². The third kappa shape index (κ3) is 4.90. The molecule has 1 radical (unpaired) electrons. The first-order valence-electron chi connectivity index (χ1n) is 1.86. The zero-order chi connectivity index (χ0) is 9.28. The van der Waals surface area contributed by atoms with Crippen molar-refractivity contribution in [2.45, 2.75) is 6.18 Å². The van der Waals surface area contributed by atoms with Gasteiger partial charge in [-0.1, -0.05) is 3.89 Å². The molecule has 11 heavy (non-hydrogen) atoms. The summed E-state index contributed by atoms with van der Waals surface area (Å²) in [6.07, 6.45) is -8.99. The van der Waals surface area contributed by atoms with Crippen molar-refractivity contribution in [3.8, 4) is 0 Å². The maximum absolute atomic E-state index is 11.4. The van der Waals surface area contributed by atoms with Crippen LogP contribution in [-0.4, -0.2) is 14.6 Å². The first-order valence-corrected chi connectivity index (χ1v) is 3.17. The molecule has 0 rings (SSSR count). The van der Waals surface area contributed by atoms with Crippen LogP contribution >= 0.6 is 0 Å². The van der Waals surface area contributed by atoms with Crippen molar-refractivity contribution in [2.24, 2.45) is 0 Å². The summed E-state index contributed by atoms with van der Waals surface area (Å²) in [5.74, 6) is 0. The molecular formula is C2F5O3S. The third-order valence-electron chi connectivity index (χ3n) is 0.396. The molecule has 0 bridgehead atoms. The highest BCUT2D eigenvalue weighted by Crippen LogP contribution is 2.31. The van der Waals surface area contributed by atoms with Gasteiger partial charge in [0.25, 0.3) is 0 Å². The summed E-state index contributed by atoms with van der Waals surface area (Å²) in [5.41, 5.74) is 0. The van der Waals surface area contributed by atoms with Crippen LogP contribution in [0.15, 0.2) is 0 Å². The summed E-state index contributed by atoms with van der Waals surface area (Å²) in [4.78, 5) is 0. The molecule has 67 valence electrons. The minimum absolute atomic E-state index is 2.23. The molecule has 0 unspecified atom stereocenters. The quantitative estimate of drug-likeness (QED) is 0.496. The standard InChI is InChI=1S/C2F5O3S/c3-1(2(4,5)6)10-11(7,8)9. The van der Waals surface area contributed by atoms with Gasteiger partial charge in [-0.05, 0) is 0 Å². The Balaban J connectivity index is 4.21. The van der Waals surface area contributed by atoms with Gasteiger partial charge in [0, 0.05) is 0 Å². The monoisotopic (exact) mass is 199 g/mol. The van der Waals surface area contributed by atoms with Crippen LogP contribution in [0.25, 0.3) is 0 Å². The molecule has 3 nitrogen and oxygen atoms in total. The van der Waals surface area contributed by atoms with Crippen molar-refractivity contribution >= 4 is 10.5 Å². The lowest BCUT2D eigenvalue weighted by Gasteiger charge is -2.06. The average Bonchev–Trinajstić information content (AvgIpc) is 1.56. The number of alkyl halides is 3. The van der Waals surface area contributed by atoms with E-state index in [4.69, 9.17) is 0 Å². The van der Waals surface area contributed by atoms with Crippen LogP contribution in [0.2, 0.25) is 0 Å². The maximum atomic E-state index is 11.4.